The molecule has 2 aromatic carbocycles. The highest BCUT2D eigenvalue weighted by atomic mass is 16.2. The molecule has 1 aromatic heterocycles. The molecule has 3 N–H and O–H groups in total. The van der Waals surface area contributed by atoms with Crippen LogP contribution in [-0.4, -0.2) is 47.5 Å². The van der Waals surface area contributed by atoms with E-state index >= 15 is 0 Å². The minimum atomic E-state index is -0.430. The van der Waals surface area contributed by atoms with Crippen LogP contribution in [0.2, 0.25) is 0 Å². The average molecular weight is 417 g/mol. The van der Waals surface area contributed by atoms with Gasteiger partial charge in [0.1, 0.15) is 0 Å². The lowest BCUT2D eigenvalue weighted by Crippen LogP contribution is -2.37. The summed E-state index contributed by atoms with van der Waals surface area (Å²) in [7, 11) is 2.13. The van der Waals surface area contributed by atoms with E-state index in [9.17, 15) is 9.59 Å². The number of anilines is 1. The Bertz CT molecular complexity index is 1170. The van der Waals surface area contributed by atoms with Gasteiger partial charge in [0.2, 0.25) is 5.91 Å². The van der Waals surface area contributed by atoms with Gasteiger partial charge in [0, 0.05) is 34.8 Å². The van der Waals surface area contributed by atoms with Crippen molar-refractivity contribution in [1.29, 1.82) is 0 Å². The van der Waals surface area contributed by atoms with Gasteiger partial charge in [-0.05, 0) is 69.6 Å². The summed E-state index contributed by atoms with van der Waals surface area (Å²) in [6.07, 6.45) is 4.36. The number of para-hydroxylation sites is 1. The number of benzene rings is 2. The minimum absolute atomic E-state index is 0.155. The number of carbonyl (C=O) groups excluding carboxylic acids is 2. The Kier molecular flexibility index (Phi) is 5.02. The molecule has 1 saturated heterocycles. The van der Waals surface area contributed by atoms with Crippen LogP contribution in [0.25, 0.3) is 22.0 Å². The summed E-state index contributed by atoms with van der Waals surface area (Å²) in [6, 6.07) is 14.2. The lowest BCUT2D eigenvalue weighted by Gasteiger charge is -2.30. The van der Waals surface area contributed by atoms with Gasteiger partial charge in [-0.25, -0.2) is 0 Å². The molecule has 31 heavy (non-hydrogen) atoms. The summed E-state index contributed by atoms with van der Waals surface area (Å²) in [5.41, 5.74) is 11.1. The van der Waals surface area contributed by atoms with Crippen LogP contribution in [0.4, 0.5) is 5.69 Å². The van der Waals surface area contributed by atoms with Crippen LogP contribution in [-0.2, 0) is 6.42 Å². The molecule has 1 amide bonds. The maximum absolute atomic E-state index is 12.7. The summed E-state index contributed by atoms with van der Waals surface area (Å²) >= 11 is 0. The highest BCUT2D eigenvalue weighted by Crippen LogP contribution is 2.39. The predicted molar refractivity (Wildman–Crippen MR) is 124 cm³/mol. The highest BCUT2D eigenvalue weighted by molar-refractivity contribution is 6.06. The Morgan fingerprint density at radius 1 is 1.10 bits per heavy atom. The summed E-state index contributed by atoms with van der Waals surface area (Å²) in [5.74, 6) is -0.275. The quantitative estimate of drug-likeness (QED) is 0.676. The van der Waals surface area contributed by atoms with Crippen molar-refractivity contribution in [2.45, 2.75) is 38.1 Å². The molecule has 2 aliphatic rings. The van der Waals surface area contributed by atoms with E-state index in [1.165, 1.54) is 0 Å². The molecule has 3 aromatic rings. The molecule has 6 nitrogen and oxygen atoms in total. The van der Waals surface area contributed by atoms with Gasteiger partial charge < -0.3 is 16.0 Å². The van der Waals surface area contributed by atoms with E-state index < -0.39 is 5.91 Å². The van der Waals surface area contributed by atoms with Crippen molar-refractivity contribution in [2.24, 2.45) is 5.73 Å². The number of piperidine rings is 1. The molecule has 0 aliphatic carbocycles. The second-order valence-electron chi connectivity index (χ2n) is 8.77. The zero-order valence-corrected chi connectivity index (χ0v) is 17.9. The fourth-order valence-electron chi connectivity index (χ4n) is 5.06. The first kappa shape index (κ1) is 19.8. The number of likely N-dealkylation sites (tertiary alicyclic amines) is 1. The molecule has 0 bridgehead atoms. The summed E-state index contributed by atoms with van der Waals surface area (Å²) in [4.78, 5) is 27.2. The monoisotopic (exact) mass is 416 g/mol. The van der Waals surface area contributed by atoms with E-state index in [1.54, 1.807) is 0 Å². The Morgan fingerprint density at radius 2 is 1.87 bits per heavy atom. The number of fused-ring (bicyclic) bond motifs is 3. The normalized spacial score (nSPS) is 17.6. The predicted octanol–water partition coefficient (Wildman–Crippen LogP) is 3.89. The minimum Gasteiger partial charge on any atom is -0.382 e. The van der Waals surface area contributed by atoms with Crippen LogP contribution in [0, 0.1) is 0 Å². The summed E-state index contributed by atoms with van der Waals surface area (Å²) in [6.45, 7) is 2.06. The fraction of sp³-hybridized carbons (Fsp3) is 0.360. The molecular formula is C25H28N4O2. The zero-order valence-electron chi connectivity index (χ0n) is 17.9. The molecule has 6 heteroatoms. The average Bonchev–Trinajstić information content (AvgIpc) is 3.11. The van der Waals surface area contributed by atoms with Gasteiger partial charge in [-0.3, -0.25) is 14.2 Å². The van der Waals surface area contributed by atoms with Gasteiger partial charge in [-0.1, -0.05) is 24.3 Å². The third-order valence-electron chi connectivity index (χ3n) is 6.68. The van der Waals surface area contributed by atoms with Gasteiger partial charge >= 0.3 is 0 Å². The van der Waals surface area contributed by atoms with E-state index in [0.717, 1.165) is 72.2 Å². The topological polar surface area (TPSA) is 80.4 Å². The largest absolute Gasteiger partial charge is 0.382 e. The first-order valence-electron chi connectivity index (χ1n) is 11.1. The summed E-state index contributed by atoms with van der Waals surface area (Å²) < 4.78 is 1.89. The second kappa shape index (κ2) is 7.85. The van der Waals surface area contributed by atoms with Crippen LogP contribution >= 0.6 is 0 Å². The zero-order chi connectivity index (χ0) is 21.5. The molecule has 0 spiro atoms. The van der Waals surface area contributed by atoms with Crippen LogP contribution in [0.1, 0.15) is 46.5 Å². The van der Waals surface area contributed by atoms with Gasteiger partial charge in [0.15, 0.2) is 0 Å². The SMILES string of the molecule is CN1CCC(Nc2cc(-c3c4n(c5ccccc35)C(=O)CCC4)ccc2C(N)=O)CC1. The number of carbonyl (C=O) groups is 2. The van der Waals surface area contributed by atoms with Crippen molar-refractivity contribution in [3.63, 3.8) is 0 Å². The number of hydrogen-bond acceptors (Lipinski definition) is 4. The van der Waals surface area contributed by atoms with Crippen molar-refractivity contribution >= 4 is 28.4 Å². The van der Waals surface area contributed by atoms with E-state index in [1.807, 2.05) is 41.0 Å². The van der Waals surface area contributed by atoms with E-state index in [0.29, 0.717) is 18.0 Å². The number of primary amides is 1. The molecule has 2 aliphatic heterocycles. The van der Waals surface area contributed by atoms with Gasteiger partial charge in [0.05, 0.1) is 11.1 Å². The Morgan fingerprint density at radius 3 is 2.65 bits per heavy atom. The van der Waals surface area contributed by atoms with Crippen LogP contribution in [0.3, 0.4) is 0 Å². The van der Waals surface area contributed by atoms with Crippen molar-refractivity contribution < 1.29 is 9.59 Å². The molecule has 0 radical (unpaired) electrons. The van der Waals surface area contributed by atoms with Crippen LogP contribution < -0.4 is 11.1 Å². The number of nitrogens with zero attached hydrogens (tertiary/aromatic N) is 2. The van der Waals surface area contributed by atoms with Crippen molar-refractivity contribution in [2.75, 3.05) is 25.5 Å². The number of nitrogens with two attached hydrogens (primary N) is 1. The fourth-order valence-corrected chi connectivity index (χ4v) is 5.06. The standard InChI is InChI=1S/C25H28N4O2/c1-28-13-11-17(12-14-28)27-20-15-16(9-10-18(20)25(26)31)24-19-5-2-3-6-21(19)29-22(24)7-4-8-23(29)30/h2-3,5-6,9-10,15,17,27H,4,7-8,11-14H2,1H3,(H2,26,31). The van der Waals surface area contributed by atoms with Gasteiger partial charge in [-0.15, -0.1) is 0 Å². The number of rotatable bonds is 4. The molecule has 1 fully saturated rings. The molecule has 160 valence electrons. The van der Waals surface area contributed by atoms with E-state index in [2.05, 4.69) is 23.3 Å². The lowest BCUT2D eigenvalue weighted by molar-refractivity contribution is 0.0889. The van der Waals surface area contributed by atoms with Crippen molar-refractivity contribution in [3.8, 4) is 11.1 Å². The van der Waals surface area contributed by atoms with Gasteiger partial charge in [-0.2, -0.15) is 0 Å². The van der Waals surface area contributed by atoms with Crippen LogP contribution in [0.5, 0.6) is 0 Å². The number of aromatic nitrogens is 1. The second-order valence-corrected chi connectivity index (χ2v) is 8.77. The number of nitrogens with one attached hydrogen (secondary N) is 1. The molecule has 0 saturated carbocycles. The van der Waals surface area contributed by atoms with Gasteiger partial charge in [0.25, 0.3) is 5.91 Å². The molecule has 3 heterocycles. The third kappa shape index (κ3) is 3.51. The third-order valence-corrected chi connectivity index (χ3v) is 6.68. The maximum Gasteiger partial charge on any atom is 0.250 e. The molecule has 0 unspecified atom stereocenters. The van der Waals surface area contributed by atoms with Crippen LogP contribution in [0.15, 0.2) is 42.5 Å². The smallest absolute Gasteiger partial charge is 0.250 e. The molecule has 0 atom stereocenters. The highest BCUT2D eigenvalue weighted by Gasteiger charge is 2.26. The van der Waals surface area contributed by atoms with E-state index in [4.69, 9.17) is 5.73 Å². The molecule has 5 rings (SSSR count). The Labute approximate surface area is 182 Å². The van der Waals surface area contributed by atoms with Crippen molar-refractivity contribution in [3.05, 3.63) is 53.7 Å². The maximum atomic E-state index is 12.7. The van der Waals surface area contributed by atoms with E-state index in [-0.39, 0.29) is 5.91 Å². The first-order chi connectivity index (χ1) is 15.0. The van der Waals surface area contributed by atoms with Crippen molar-refractivity contribution in [1.82, 2.24) is 9.47 Å². The summed E-state index contributed by atoms with van der Waals surface area (Å²) in [5, 5.41) is 4.66. The molecular weight excluding hydrogens is 388 g/mol. The lowest BCUT2D eigenvalue weighted by atomic mass is 9.96. The number of hydrogen-bond donors (Lipinski definition) is 2. The Balaban J connectivity index is 1.62. The Hall–Kier alpha value is -3.12. The number of amides is 1. The first-order valence-corrected chi connectivity index (χ1v) is 11.1.